The average molecular weight is 319 g/mol. The van der Waals surface area contributed by atoms with Gasteiger partial charge in [-0.1, -0.05) is 6.07 Å². The summed E-state index contributed by atoms with van der Waals surface area (Å²) in [6.45, 7) is 0. The largest absolute Gasteiger partial charge is 0.271 e. The van der Waals surface area contributed by atoms with Gasteiger partial charge in [0, 0.05) is 9.85 Å². The van der Waals surface area contributed by atoms with E-state index in [0.29, 0.717) is 5.56 Å². The van der Waals surface area contributed by atoms with E-state index in [0.717, 1.165) is 22.2 Å². The molecular weight excluding hydrogens is 310 g/mol. The molecule has 2 rings (SSSR count). The van der Waals surface area contributed by atoms with Gasteiger partial charge in [0.25, 0.3) is 0 Å². The molecule has 1 aromatic carbocycles. The summed E-state index contributed by atoms with van der Waals surface area (Å²) in [6.07, 6.45) is 0. The minimum Gasteiger partial charge on any atom is -0.271 e. The van der Waals surface area contributed by atoms with Gasteiger partial charge in [0.2, 0.25) is 0 Å². The SMILES string of the molecule is NNC(c1ccc(F)c(F)c1)c1cscc1Br. The number of rotatable bonds is 3. The molecule has 1 aromatic heterocycles. The maximum atomic E-state index is 13.2. The maximum absolute atomic E-state index is 13.2. The molecule has 1 atom stereocenters. The van der Waals surface area contributed by atoms with Crippen molar-refractivity contribution >= 4 is 27.3 Å². The van der Waals surface area contributed by atoms with Crippen molar-refractivity contribution in [3.63, 3.8) is 0 Å². The Balaban J connectivity index is 2.42. The van der Waals surface area contributed by atoms with E-state index in [2.05, 4.69) is 21.4 Å². The summed E-state index contributed by atoms with van der Waals surface area (Å²) in [7, 11) is 0. The van der Waals surface area contributed by atoms with Crippen LogP contribution in [0.5, 0.6) is 0 Å². The lowest BCUT2D eigenvalue weighted by Gasteiger charge is -2.16. The van der Waals surface area contributed by atoms with E-state index in [1.54, 1.807) is 0 Å². The molecule has 2 aromatic rings. The molecule has 0 aliphatic heterocycles. The Morgan fingerprint density at radius 1 is 1.24 bits per heavy atom. The van der Waals surface area contributed by atoms with Crippen LogP contribution in [-0.2, 0) is 0 Å². The molecule has 0 spiro atoms. The van der Waals surface area contributed by atoms with Crippen LogP contribution in [0.25, 0.3) is 0 Å². The van der Waals surface area contributed by atoms with E-state index in [-0.39, 0.29) is 6.04 Å². The number of hydrogen-bond donors (Lipinski definition) is 2. The Labute approximate surface area is 110 Å². The molecule has 0 fully saturated rings. The Morgan fingerprint density at radius 2 is 2.00 bits per heavy atom. The molecule has 0 aliphatic rings. The second-order valence-electron chi connectivity index (χ2n) is 3.45. The van der Waals surface area contributed by atoms with Gasteiger partial charge in [-0.25, -0.2) is 14.2 Å². The predicted octanol–water partition coefficient (Wildman–Crippen LogP) is 3.34. The molecule has 1 unspecified atom stereocenters. The lowest BCUT2D eigenvalue weighted by molar-refractivity contribution is 0.504. The predicted molar refractivity (Wildman–Crippen MR) is 67.5 cm³/mol. The lowest BCUT2D eigenvalue weighted by Crippen LogP contribution is -2.28. The van der Waals surface area contributed by atoms with Crippen LogP contribution in [0.1, 0.15) is 17.2 Å². The van der Waals surface area contributed by atoms with E-state index < -0.39 is 11.6 Å². The summed E-state index contributed by atoms with van der Waals surface area (Å²) in [5, 5.41) is 3.80. The average Bonchev–Trinajstić information content (AvgIpc) is 2.71. The zero-order valence-corrected chi connectivity index (χ0v) is 11.0. The molecule has 3 N–H and O–H groups in total. The van der Waals surface area contributed by atoms with Gasteiger partial charge in [-0.3, -0.25) is 5.84 Å². The molecule has 17 heavy (non-hydrogen) atoms. The first kappa shape index (κ1) is 12.6. The first-order valence-corrected chi connectivity index (χ1v) is 6.49. The van der Waals surface area contributed by atoms with Crippen LogP contribution in [0.2, 0.25) is 0 Å². The normalized spacial score (nSPS) is 12.7. The second kappa shape index (κ2) is 5.22. The molecule has 0 bridgehead atoms. The van der Waals surface area contributed by atoms with Crippen LogP contribution in [0.15, 0.2) is 33.4 Å². The Bertz CT molecular complexity index is 530. The third kappa shape index (κ3) is 2.55. The third-order valence-corrected chi connectivity index (χ3v) is 4.15. The highest BCUT2D eigenvalue weighted by Crippen LogP contribution is 2.31. The van der Waals surface area contributed by atoms with Crippen molar-refractivity contribution in [3.05, 3.63) is 56.2 Å². The zero-order chi connectivity index (χ0) is 12.4. The van der Waals surface area contributed by atoms with Crippen molar-refractivity contribution < 1.29 is 8.78 Å². The van der Waals surface area contributed by atoms with E-state index in [1.807, 2.05) is 10.8 Å². The van der Waals surface area contributed by atoms with Gasteiger partial charge in [-0.15, -0.1) is 0 Å². The van der Waals surface area contributed by atoms with E-state index >= 15 is 0 Å². The summed E-state index contributed by atoms with van der Waals surface area (Å²) >= 11 is 4.89. The lowest BCUT2D eigenvalue weighted by atomic mass is 10.0. The number of benzene rings is 1. The van der Waals surface area contributed by atoms with E-state index in [4.69, 9.17) is 5.84 Å². The van der Waals surface area contributed by atoms with Gasteiger partial charge in [0.05, 0.1) is 6.04 Å². The Hall–Kier alpha value is -0.820. The number of thiophene rings is 1. The molecule has 0 saturated heterocycles. The van der Waals surface area contributed by atoms with Crippen molar-refractivity contribution in [1.82, 2.24) is 5.43 Å². The Morgan fingerprint density at radius 3 is 2.53 bits per heavy atom. The highest BCUT2D eigenvalue weighted by atomic mass is 79.9. The fourth-order valence-electron chi connectivity index (χ4n) is 1.55. The molecule has 0 saturated carbocycles. The zero-order valence-electron chi connectivity index (χ0n) is 8.58. The molecule has 0 aliphatic carbocycles. The molecular formula is C11H9BrF2N2S. The number of nitrogens with two attached hydrogens (primary N) is 1. The van der Waals surface area contributed by atoms with E-state index in [1.165, 1.54) is 17.4 Å². The monoisotopic (exact) mass is 318 g/mol. The highest BCUT2D eigenvalue weighted by molar-refractivity contribution is 9.10. The minimum absolute atomic E-state index is 0.370. The number of hydrogen-bond acceptors (Lipinski definition) is 3. The Kier molecular flexibility index (Phi) is 3.88. The summed E-state index contributed by atoms with van der Waals surface area (Å²) < 4.78 is 26.9. The van der Waals surface area contributed by atoms with Crippen LogP contribution in [0.3, 0.4) is 0 Å². The van der Waals surface area contributed by atoms with Crippen LogP contribution < -0.4 is 11.3 Å². The molecule has 0 amide bonds. The summed E-state index contributed by atoms with van der Waals surface area (Å²) in [5.41, 5.74) is 4.06. The fraction of sp³-hybridized carbons (Fsp3) is 0.0909. The van der Waals surface area contributed by atoms with Crippen LogP contribution in [0.4, 0.5) is 8.78 Å². The third-order valence-electron chi connectivity index (χ3n) is 2.40. The summed E-state index contributed by atoms with van der Waals surface area (Å²) in [6, 6.07) is 3.37. The van der Waals surface area contributed by atoms with Crippen molar-refractivity contribution in [3.8, 4) is 0 Å². The second-order valence-corrected chi connectivity index (χ2v) is 5.05. The maximum Gasteiger partial charge on any atom is 0.159 e. The van der Waals surface area contributed by atoms with Crippen molar-refractivity contribution in [1.29, 1.82) is 0 Å². The van der Waals surface area contributed by atoms with Gasteiger partial charge >= 0.3 is 0 Å². The van der Waals surface area contributed by atoms with Crippen LogP contribution in [0, 0.1) is 11.6 Å². The molecule has 1 heterocycles. The molecule has 90 valence electrons. The molecule has 2 nitrogen and oxygen atoms in total. The molecule has 6 heteroatoms. The van der Waals surface area contributed by atoms with Crippen molar-refractivity contribution in [2.45, 2.75) is 6.04 Å². The van der Waals surface area contributed by atoms with Crippen molar-refractivity contribution in [2.75, 3.05) is 0 Å². The number of halogens is 3. The molecule has 0 radical (unpaired) electrons. The van der Waals surface area contributed by atoms with Gasteiger partial charge in [0.1, 0.15) is 0 Å². The van der Waals surface area contributed by atoms with Crippen molar-refractivity contribution in [2.24, 2.45) is 5.84 Å². The van der Waals surface area contributed by atoms with E-state index in [9.17, 15) is 8.78 Å². The quantitative estimate of drug-likeness (QED) is 0.673. The fourth-order valence-corrected chi connectivity index (χ4v) is 3.11. The smallest absolute Gasteiger partial charge is 0.159 e. The van der Waals surface area contributed by atoms with Crippen LogP contribution in [-0.4, -0.2) is 0 Å². The number of nitrogens with one attached hydrogen (secondary N) is 1. The summed E-state index contributed by atoms with van der Waals surface area (Å²) in [4.78, 5) is 0. The summed E-state index contributed by atoms with van der Waals surface area (Å²) in [5.74, 6) is 3.72. The topological polar surface area (TPSA) is 38.0 Å². The first-order chi connectivity index (χ1) is 8.13. The van der Waals surface area contributed by atoms with Gasteiger partial charge < -0.3 is 0 Å². The standard InChI is InChI=1S/C11H9BrF2N2S/c12-8-5-17-4-7(8)11(16-15)6-1-2-9(13)10(14)3-6/h1-5,11,16H,15H2. The highest BCUT2D eigenvalue weighted by Gasteiger charge is 2.17. The minimum atomic E-state index is -0.880. The first-order valence-electron chi connectivity index (χ1n) is 4.76. The van der Waals surface area contributed by atoms with Gasteiger partial charge in [-0.2, -0.15) is 11.3 Å². The van der Waals surface area contributed by atoms with Crippen LogP contribution >= 0.6 is 27.3 Å². The number of hydrazine groups is 1. The van der Waals surface area contributed by atoms with Gasteiger partial charge in [0.15, 0.2) is 11.6 Å². The van der Waals surface area contributed by atoms with Gasteiger partial charge in [-0.05, 0) is 44.6 Å².